The van der Waals surface area contributed by atoms with Gasteiger partial charge in [0.2, 0.25) is 0 Å². The van der Waals surface area contributed by atoms with E-state index in [0.29, 0.717) is 0 Å². The van der Waals surface area contributed by atoms with Crippen molar-refractivity contribution in [2.24, 2.45) is 5.92 Å². The van der Waals surface area contributed by atoms with Crippen LogP contribution < -0.4 is 0 Å². The van der Waals surface area contributed by atoms with Gasteiger partial charge in [-0.25, -0.2) is 4.79 Å². The van der Waals surface area contributed by atoms with Crippen LogP contribution in [-0.4, -0.2) is 37.3 Å². The average molecular weight is 278 g/mol. The first-order valence-electron chi connectivity index (χ1n) is 4.74. The summed E-state index contributed by atoms with van der Waals surface area (Å²) in [7, 11) is 0. The Morgan fingerprint density at radius 1 is 1.06 bits per heavy atom. The number of hydrogen-bond donors (Lipinski definition) is 0. The molecule has 0 rings (SSSR count). The third-order valence-electron chi connectivity index (χ3n) is 1.63. The zero-order chi connectivity index (χ0) is 14.6. The maximum Gasteiger partial charge on any atom is 0.456 e. The number of ether oxygens (including phenoxy) is 2. The lowest BCUT2D eigenvalue weighted by atomic mass is 10.2. The Bertz CT molecular complexity index is 311. The van der Waals surface area contributed by atoms with Gasteiger partial charge in [-0.2, -0.15) is 22.0 Å². The van der Waals surface area contributed by atoms with Gasteiger partial charge in [0.25, 0.3) is 0 Å². The average Bonchev–Trinajstić information content (AvgIpc) is 2.21. The lowest BCUT2D eigenvalue weighted by Gasteiger charge is -2.19. The minimum Gasteiger partial charge on any atom is -0.456 e. The summed E-state index contributed by atoms with van der Waals surface area (Å²) in [6.45, 7) is -0.254. The molecule has 0 aromatic rings. The number of hydrogen-bond acceptors (Lipinski definition) is 4. The molecular weight excluding hydrogens is 267 g/mol. The van der Waals surface area contributed by atoms with Gasteiger partial charge < -0.3 is 9.47 Å². The van der Waals surface area contributed by atoms with Crippen molar-refractivity contribution in [3.63, 3.8) is 0 Å². The van der Waals surface area contributed by atoms with E-state index in [4.69, 9.17) is 0 Å². The third-order valence-corrected chi connectivity index (χ3v) is 1.63. The first-order valence-corrected chi connectivity index (χ1v) is 4.74. The van der Waals surface area contributed by atoms with Crippen LogP contribution in [0.3, 0.4) is 0 Å². The van der Waals surface area contributed by atoms with E-state index in [2.05, 4.69) is 9.47 Å². The van der Waals surface area contributed by atoms with Gasteiger partial charge in [0.05, 0.1) is 5.92 Å². The summed E-state index contributed by atoms with van der Waals surface area (Å²) in [5.41, 5.74) is 0. The van der Waals surface area contributed by atoms with E-state index in [1.807, 2.05) is 0 Å². The highest BCUT2D eigenvalue weighted by Gasteiger charge is 2.58. The van der Waals surface area contributed by atoms with Crippen molar-refractivity contribution in [2.45, 2.75) is 25.9 Å². The molecule has 0 saturated heterocycles. The Kier molecular flexibility index (Phi) is 5.50. The molecule has 0 spiro atoms. The molecule has 0 heterocycles. The van der Waals surface area contributed by atoms with E-state index >= 15 is 0 Å². The second-order valence-electron chi connectivity index (χ2n) is 3.63. The summed E-state index contributed by atoms with van der Waals surface area (Å²) in [6.07, 6.45) is -5.80. The molecule has 18 heavy (non-hydrogen) atoms. The molecule has 0 unspecified atom stereocenters. The normalized spacial score (nSPS) is 12.4. The first-order chi connectivity index (χ1) is 7.97. The zero-order valence-electron chi connectivity index (χ0n) is 9.51. The molecule has 0 saturated carbocycles. The van der Waals surface area contributed by atoms with Crippen molar-refractivity contribution >= 4 is 11.9 Å². The molecule has 0 radical (unpaired) electrons. The Morgan fingerprint density at radius 3 is 1.94 bits per heavy atom. The van der Waals surface area contributed by atoms with E-state index in [-0.39, 0.29) is 0 Å². The highest BCUT2D eigenvalue weighted by Crippen LogP contribution is 2.35. The van der Waals surface area contributed by atoms with E-state index in [1.165, 1.54) is 13.8 Å². The number of rotatable bonds is 5. The number of halogens is 5. The van der Waals surface area contributed by atoms with E-state index in [0.717, 1.165) is 0 Å². The molecule has 0 aliphatic rings. The fourth-order valence-corrected chi connectivity index (χ4v) is 0.591. The molecule has 9 heteroatoms. The van der Waals surface area contributed by atoms with Crippen molar-refractivity contribution in [3.05, 3.63) is 0 Å². The highest BCUT2D eigenvalue weighted by molar-refractivity contribution is 5.77. The summed E-state index contributed by atoms with van der Waals surface area (Å²) < 4.78 is 67.6. The molecule has 0 atom stereocenters. The Labute approximate surface area is 99.0 Å². The fourth-order valence-electron chi connectivity index (χ4n) is 0.591. The largest absolute Gasteiger partial charge is 0.456 e. The molecule has 0 amide bonds. The lowest BCUT2D eigenvalue weighted by Crippen LogP contribution is -2.41. The second kappa shape index (κ2) is 5.96. The number of esters is 2. The van der Waals surface area contributed by atoms with Gasteiger partial charge in [-0.05, 0) is 0 Å². The van der Waals surface area contributed by atoms with Crippen molar-refractivity contribution in [3.8, 4) is 0 Å². The minimum atomic E-state index is -5.80. The maximum absolute atomic E-state index is 12.3. The van der Waals surface area contributed by atoms with E-state index in [9.17, 15) is 31.5 Å². The van der Waals surface area contributed by atoms with Gasteiger partial charge in [0.1, 0.15) is 0 Å². The van der Waals surface area contributed by atoms with Crippen LogP contribution in [0.25, 0.3) is 0 Å². The van der Waals surface area contributed by atoms with Crippen molar-refractivity contribution in [1.82, 2.24) is 0 Å². The first kappa shape index (κ1) is 16.6. The maximum atomic E-state index is 12.3. The van der Waals surface area contributed by atoms with Crippen molar-refractivity contribution < 1.29 is 41.0 Å². The SMILES string of the molecule is CC(C)C(=O)OCC(=O)OCC(F)(F)C(F)(F)F. The van der Waals surface area contributed by atoms with Gasteiger partial charge in [-0.15, -0.1) is 0 Å². The molecule has 0 aromatic heterocycles. The summed E-state index contributed by atoms with van der Waals surface area (Å²) >= 11 is 0. The summed E-state index contributed by atoms with van der Waals surface area (Å²) in [6, 6.07) is 0. The van der Waals surface area contributed by atoms with Crippen molar-refractivity contribution in [2.75, 3.05) is 13.2 Å². The van der Waals surface area contributed by atoms with Crippen LogP contribution in [0, 0.1) is 5.92 Å². The van der Waals surface area contributed by atoms with Crippen LogP contribution in [0.2, 0.25) is 0 Å². The molecular formula is C9H11F5O4. The number of carbonyl (C=O) groups excluding carboxylic acids is 2. The number of alkyl halides is 5. The van der Waals surface area contributed by atoms with Crippen LogP contribution in [0.5, 0.6) is 0 Å². The van der Waals surface area contributed by atoms with Gasteiger partial charge in [-0.1, -0.05) is 13.8 Å². The third kappa shape index (κ3) is 5.28. The van der Waals surface area contributed by atoms with Gasteiger partial charge >= 0.3 is 24.0 Å². The van der Waals surface area contributed by atoms with Gasteiger partial charge in [-0.3, -0.25) is 4.79 Å². The summed E-state index contributed by atoms with van der Waals surface area (Å²) in [4.78, 5) is 21.6. The van der Waals surface area contributed by atoms with Crippen LogP contribution in [0.4, 0.5) is 22.0 Å². The van der Waals surface area contributed by atoms with E-state index < -0.39 is 43.2 Å². The van der Waals surface area contributed by atoms with Crippen LogP contribution in [-0.2, 0) is 19.1 Å². The monoisotopic (exact) mass is 278 g/mol. The van der Waals surface area contributed by atoms with Gasteiger partial charge in [0.15, 0.2) is 13.2 Å². The Balaban J connectivity index is 4.09. The molecule has 4 nitrogen and oxygen atoms in total. The molecule has 0 aliphatic carbocycles. The smallest absolute Gasteiger partial charge is 0.456 e. The van der Waals surface area contributed by atoms with Crippen LogP contribution in [0.1, 0.15) is 13.8 Å². The Morgan fingerprint density at radius 2 is 1.56 bits per heavy atom. The van der Waals surface area contributed by atoms with Gasteiger partial charge in [0, 0.05) is 0 Å². The fraction of sp³-hybridized carbons (Fsp3) is 0.778. The van der Waals surface area contributed by atoms with Crippen LogP contribution in [0.15, 0.2) is 0 Å². The Hall–Kier alpha value is -1.41. The predicted molar refractivity (Wildman–Crippen MR) is 47.8 cm³/mol. The highest BCUT2D eigenvalue weighted by atomic mass is 19.4. The predicted octanol–water partition coefficient (Wildman–Crippen LogP) is 1.93. The molecule has 0 fully saturated rings. The molecule has 0 bridgehead atoms. The zero-order valence-corrected chi connectivity index (χ0v) is 9.51. The minimum absolute atomic E-state index is 0.561. The molecule has 0 N–H and O–H groups in total. The van der Waals surface area contributed by atoms with Crippen molar-refractivity contribution in [1.29, 1.82) is 0 Å². The lowest BCUT2D eigenvalue weighted by molar-refractivity contribution is -0.294. The second-order valence-corrected chi connectivity index (χ2v) is 3.63. The standard InChI is InChI=1S/C9H11F5O4/c1-5(2)7(16)17-3-6(15)18-4-8(10,11)9(12,13)14/h5H,3-4H2,1-2H3. The summed E-state index contributed by atoms with van der Waals surface area (Å²) in [5, 5.41) is 0. The molecule has 0 aliphatic heterocycles. The summed E-state index contributed by atoms with van der Waals surface area (Å²) in [5.74, 6) is -7.97. The van der Waals surface area contributed by atoms with Crippen LogP contribution >= 0.6 is 0 Å². The number of carbonyl (C=O) groups is 2. The molecule has 106 valence electrons. The van der Waals surface area contributed by atoms with E-state index in [1.54, 1.807) is 0 Å². The quantitative estimate of drug-likeness (QED) is 0.569. The molecule has 0 aromatic carbocycles. The topological polar surface area (TPSA) is 52.6 Å².